The van der Waals surface area contributed by atoms with Gasteiger partial charge < -0.3 is 0 Å². The van der Waals surface area contributed by atoms with Crippen LogP contribution >= 0.6 is 12.6 Å². The van der Waals surface area contributed by atoms with Gasteiger partial charge in [-0.15, -0.1) is 12.6 Å². The number of carbonyl (C=O) groups is 1. The first-order valence-electron chi connectivity index (χ1n) is 3.96. The molecule has 0 saturated carbocycles. The van der Waals surface area contributed by atoms with E-state index in [0.717, 1.165) is 0 Å². The minimum absolute atomic E-state index is 0.269. The van der Waals surface area contributed by atoms with E-state index in [0.29, 0.717) is 10.9 Å². The van der Waals surface area contributed by atoms with Crippen molar-refractivity contribution in [3.8, 4) is 0 Å². The van der Waals surface area contributed by atoms with Crippen LogP contribution in [0.15, 0.2) is 30.5 Å². The van der Waals surface area contributed by atoms with Gasteiger partial charge in [0.2, 0.25) is 5.12 Å². The smallest absolute Gasteiger partial charge is 0.217 e. The predicted octanol–water partition coefficient (Wildman–Crippen LogP) is 2.44. The molecule has 0 N–H and O–H groups in total. The van der Waals surface area contributed by atoms with Gasteiger partial charge in [0.05, 0.1) is 0 Å². The monoisotopic (exact) mass is 207 g/mol. The molecule has 0 radical (unpaired) electrons. The van der Waals surface area contributed by atoms with Gasteiger partial charge in [0, 0.05) is 17.1 Å². The zero-order valence-electron chi connectivity index (χ0n) is 7.07. The van der Waals surface area contributed by atoms with Gasteiger partial charge in [-0.05, 0) is 12.1 Å². The number of aromatic nitrogens is 1. The van der Waals surface area contributed by atoms with Crippen LogP contribution in [0.5, 0.6) is 0 Å². The van der Waals surface area contributed by atoms with E-state index in [1.54, 1.807) is 18.2 Å². The molecular formula is C10H6FNOS. The second-order valence-electron chi connectivity index (χ2n) is 2.84. The Bertz CT molecular complexity index is 512. The normalized spacial score (nSPS) is 10.4. The van der Waals surface area contributed by atoms with Gasteiger partial charge in [-0.2, -0.15) is 0 Å². The molecule has 0 atom stereocenters. The van der Waals surface area contributed by atoms with Crippen LogP contribution in [-0.4, -0.2) is 10.1 Å². The summed E-state index contributed by atoms with van der Waals surface area (Å²) >= 11 is 3.67. The summed E-state index contributed by atoms with van der Waals surface area (Å²) in [4.78, 5) is 14.8. The molecular weight excluding hydrogens is 201 g/mol. The van der Waals surface area contributed by atoms with Crippen molar-refractivity contribution in [2.24, 2.45) is 0 Å². The molecule has 1 aromatic heterocycles. The van der Waals surface area contributed by atoms with Crippen LogP contribution in [0.1, 0.15) is 10.4 Å². The van der Waals surface area contributed by atoms with E-state index >= 15 is 0 Å². The lowest BCUT2D eigenvalue weighted by atomic mass is 10.2. The van der Waals surface area contributed by atoms with E-state index < -0.39 is 0 Å². The molecule has 0 aliphatic heterocycles. The Labute approximate surface area is 85.2 Å². The van der Waals surface area contributed by atoms with E-state index in [1.807, 2.05) is 0 Å². The molecule has 0 aliphatic rings. The summed E-state index contributed by atoms with van der Waals surface area (Å²) in [5, 5.41) is 0.230. The summed E-state index contributed by atoms with van der Waals surface area (Å²) < 4.78 is 13.2. The number of carbonyl (C=O) groups excluding carboxylic acids is 1. The highest BCUT2D eigenvalue weighted by Gasteiger charge is 2.05. The number of benzene rings is 1. The highest BCUT2D eigenvalue weighted by atomic mass is 32.1. The number of nitrogens with zero attached hydrogens (tertiary/aromatic N) is 1. The highest BCUT2D eigenvalue weighted by molar-refractivity contribution is 7.97. The first-order valence-corrected chi connectivity index (χ1v) is 4.41. The topological polar surface area (TPSA) is 30.0 Å². The third kappa shape index (κ3) is 1.48. The molecule has 1 heterocycles. The van der Waals surface area contributed by atoms with E-state index in [-0.39, 0.29) is 16.4 Å². The van der Waals surface area contributed by atoms with E-state index in [2.05, 4.69) is 17.6 Å². The third-order valence-corrected chi connectivity index (χ3v) is 2.17. The quantitative estimate of drug-likeness (QED) is 0.728. The van der Waals surface area contributed by atoms with Crippen molar-refractivity contribution in [2.45, 2.75) is 0 Å². The fraction of sp³-hybridized carbons (Fsp3) is 0. The van der Waals surface area contributed by atoms with Crippen LogP contribution in [0, 0.1) is 5.82 Å². The summed E-state index contributed by atoms with van der Waals surface area (Å²) in [5.41, 5.74) is 0.636. The van der Waals surface area contributed by atoms with Gasteiger partial charge in [-0.25, -0.2) is 4.39 Å². The second-order valence-corrected chi connectivity index (χ2v) is 3.25. The summed E-state index contributed by atoms with van der Waals surface area (Å²) in [6, 6.07) is 6.18. The molecule has 0 aliphatic carbocycles. The van der Waals surface area contributed by atoms with Crippen LogP contribution < -0.4 is 0 Å². The van der Waals surface area contributed by atoms with Crippen molar-refractivity contribution >= 4 is 28.6 Å². The molecule has 2 rings (SSSR count). The number of fused-ring (bicyclic) bond motifs is 1. The summed E-state index contributed by atoms with van der Waals surface area (Å²) in [6.45, 7) is 0. The molecule has 0 spiro atoms. The SMILES string of the molecule is O=C(S)c1cnc2c(F)cccc2c1. The predicted molar refractivity (Wildman–Crippen MR) is 55.0 cm³/mol. The fourth-order valence-electron chi connectivity index (χ4n) is 1.24. The lowest BCUT2D eigenvalue weighted by Gasteiger charge is -1.99. The molecule has 14 heavy (non-hydrogen) atoms. The largest absolute Gasteiger partial charge is 0.282 e. The lowest BCUT2D eigenvalue weighted by molar-refractivity contribution is 0.109. The first kappa shape index (κ1) is 9.15. The Morgan fingerprint density at radius 3 is 2.93 bits per heavy atom. The van der Waals surface area contributed by atoms with Crippen LogP contribution in [0.2, 0.25) is 0 Å². The van der Waals surface area contributed by atoms with E-state index in [1.165, 1.54) is 12.3 Å². The molecule has 0 fully saturated rings. The number of hydrogen-bond donors (Lipinski definition) is 1. The lowest BCUT2D eigenvalue weighted by Crippen LogP contribution is -1.92. The number of para-hydroxylation sites is 1. The Hall–Kier alpha value is -1.42. The van der Waals surface area contributed by atoms with Crippen LogP contribution in [0.25, 0.3) is 10.9 Å². The van der Waals surface area contributed by atoms with Crippen LogP contribution in [0.4, 0.5) is 4.39 Å². The summed E-state index contributed by atoms with van der Waals surface area (Å²) in [5.74, 6) is -0.388. The molecule has 0 amide bonds. The molecule has 2 aromatic rings. The van der Waals surface area contributed by atoms with Gasteiger partial charge in [0.25, 0.3) is 0 Å². The third-order valence-electron chi connectivity index (χ3n) is 1.91. The maximum atomic E-state index is 13.2. The van der Waals surface area contributed by atoms with Crippen molar-refractivity contribution in [3.63, 3.8) is 0 Å². The van der Waals surface area contributed by atoms with Crippen molar-refractivity contribution in [1.29, 1.82) is 0 Å². The van der Waals surface area contributed by atoms with Crippen molar-refractivity contribution < 1.29 is 9.18 Å². The maximum Gasteiger partial charge on any atom is 0.217 e. The number of rotatable bonds is 1. The van der Waals surface area contributed by atoms with E-state index in [4.69, 9.17) is 0 Å². The zero-order chi connectivity index (χ0) is 10.1. The van der Waals surface area contributed by atoms with Gasteiger partial charge in [-0.1, -0.05) is 12.1 Å². The average Bonchev–Trinajstić information content (AvgIpc) is 2.17. The molecule has 70 valence electrons. The number of hydrogen-bond acceptors (Lipinski definition) is 2. The fourth-order valence-corrected chi connectivity index (χ4v) is 1.36. The Morgan fingerprint density at radius 1 is 1.43 bits per heavy atom. The maximum absolute atomic E-state index is 13.2. The first-order chi connectivity index (χ1) is 6.68. The van der Waals surface area contributed by atoms with Crippen LogP contribution in [0.3, 0.4) is 0 Å². The zero-order valence-corrected chi connectivity index (χ0v) is 7.96. The number of pyridine rings is 1. The Balaban J connectivity index is 2.73. The minimum Gasteiger partial charge on any atom is -0.282 e. The standard InChI is InChI=1S/C10H6FNOS/c11-8-3-1-2-6-4-7(10(13)14)5-12-9(6)8/h1-5H,(H,13,14). The molecule has 0 saturated heterocycles. The molecule has 0 bridgehead atoms. The summed E-state index contributed by atoms with van der Waals surface area (Å²) in [7, 11) is 0. The molecule has 1 aromatic carbocycles. The van der Waals surface area contributed by atoms with Gasteiger partial charge in [0.1, 0.15) is 11.3 Å². The van der Waals surface area contributed by atoms with E-state index in [9.17, 15) is 9.18 Å². The number of thiol groups is 1. The number of halogens is 1. The molecule has 0 unspecified atom stereocenters. The summed E-state index contributed by atoms with van der Waals surface area (Å²) in [6.07, 6.45) is 1.32. The Morgan fingerprint density at radius 2 is 2.21 bits per heavy atom. The Kier molecular flexibility index (Phi) is 2.21. The van der Waals surface area contributed by atoms with Crippen molar-refractivity contribution in [1.82, 2.24) is 4.98 Å². The molecule has 4 heteroatoms. The van der Waals surface area contributed by atoms with Crippen molar-refractivity contribution in [3.05, 3.63) is 41.8 Å². The molecule has 2 nitrogen and oxygen atoms in total. The van der Waals surface area contributed by atoms with Crippen molar-refractivity contribution in [2.75, 3.05) is 0 Å². The van der Waals surface area contributed by atoms with Gasteiger partial charge in [-0.3, -0.25) is 9.78 Å². The second kappa shape index (κ2) is 3.38. The van der Waals surface area contributed by atoms with Crippen LogP contribution in [-0.2, 0) is 0 Å². The highest BCUT2D eigenvalue weighted by Crippen LogP contribution is 2.16. The average molecular weight is 207 g/mol. The minimum atomic E-state index is -0.388. The van der Waals surface area contributed by atoms with Gasteiger partial charge in [0.15, 0.2) is 0 Å². The van der Waals surface area contributed by atoms with Gasteiger partial charge >= 0.3 is 0 Å².